The largest absolute Gasteiger partial charge is 0.452 e. The molecule has 0 aliphatic heterocycles. The Labute approximate surface area is 146 Å². The number of rotatable bonds is 7. The van der Waals surface area contributed by atoms with Gasteiger partial charge in [0.2, 0.25) is 5.78 Å². The number of carbonyl (C=O) groups excluding carboxylic acids is 2. The van der Waals surface area contributed by atoms with Crippen LogP contribution in [0, 0.1) is 13.8 Å². The van der Waals surface area contributed by atoms with E-state index >= 15 is 0 Å². The van der Waals surface area contributed by atoms with Gasteiger partial charge in [-0.15, -0.1) is 0 Å². The molecular formula is C17H22N4O4. The van der Waals surface area contributed by atoms with E-state index in [1.54, 1.807) is 13.2 Å². The van der Waals surface area contributed by atoms with Crippen LogP contribution in [0.15, 0.2) is 18.5 Å². The van der Waals surface area contributed by atoms with E-state index in [1.165, 1.54) is 12.4 Å². The Morgan fingerprint density at radius 3 is 2.60 bits per heavy atom. The van der Waals surface area contributed by atoms with Crippen LogP contribution in [0.3, 0.4) is 0 Å². The van der Waals surface area contributed by atoms with E-state index in [9.17, 15) is 9.59 Å². The smallest absolute Gasteiger partial charge is 0.361 e. The molecule has 0 saturated carbocycles. The summed E-state index contributed by atoms with van der Waals surface area (Å²) in [5.41, 5.74) is 7.73. The molecule has 0 aliphatic carbocycles. The van der Waals surface area contributed by atoms with Gasteiger partial charge in [-0.2, -0.15) is 0 Å². The van der Waals surface area contributed by atoms with Crippen molar-refractivity contribution >= 4 is 17.6 Å². The number of ether oxygens (including phenoxy) is 2. The molecule has 0 aromatic carbocycles. The molecule has 2 rings (SSSR count). The van der Waals surface area contributed by atoms with Crippen molar-refractivity contribution in [3.05, 3.63) is 41.1 Å². The van der Waals surface area contributed by atoms with Crippen LogP contribution in [-0.4, -0.2) is 46.6 Å². The second-order valence-corrected chi connectivity index (χ2v) is 5.75. The first-order chi connectivity index (χ1) is 11.9. The minimum Gasteiger partial charge on any atom is -0.452 e. The number of nitrogens with two attached hydrogens (primary N) is 1. The number of aryl methyl sites for hydroxylation is 1. The molecule has 0 fully saturated rings. The summed E-state index contributed by atoms with van der Waals surface area (Å²) in [5.74, 6) is -1.10. The average molecular weight is 346 g/mol. The van der Waals surface area contributed by atoms with Crippen LogP contribution in [-0.2, 0) is 9.47 Å². The van der Waals surface area contributed by atoms with E-state index in [4.69, 9.17) is 15.2 Å². The van der Waals surface area contributed by atoms with Crippen molar-refractivity contribution in [2.75, 3.05) is 26.1 Å². The monoisotopic (exact) mass is 346 g/mol. The fraction of sp³-hybridized carbons (Fsp3) is 0.412. The van der Waals surface area contributed by atoms with Crippen LogP contribution in [0.4, 0.5) is 5.82 Å². The standard InChI is InChI=1S/C17H22N4O4/c1-10-7-13(12(3)21(10)11(2)8-24-4)14(22)9-25-17(23)15-16(18)20-6-5-19-15/h5-7,11H,8-9H2,1-4H3,(H2,18,20)/t11-/m1/s1. The van der Waals surface area contributed by atoms with Crippen LogP contribution < -0.4 is 5.73 Å². The normalized spacial score (nSPS) is 12.0. The number of methoxy groups -OCH3 is 1. The predicted molar refractivity (Wildman–Crippen MR) is 91.6 cm³/mol. The second kappa shape index (κ2) is 7.89. The van der Waals surface area contributed by atoms with E-state index in [1.807, 2.05) is 25.3 Å². The molecule has 0 unspecified atom stereocenters. The van der Waals surface area contributed by atoms with Gasteiger partial charge >= 0.3 is 5.97 Å². The molecule has 8 nitrogen and oxygen atoms in total. The molecule has 0 spiro atoms. The predicted octanol–water partition coefficient (Wildman–Crippen LogP) is 1.72. The highest BCUT2D eigenvalue weighted by atomic mass is 16.5. The molecule has 8 heteroatoms. The first-order valence-electron chi connectivity index (χ1n) is 7.81. The molecular weight excluding hydrogens is 324 g/mol. The molecule has 2 heterocycles. The summed E-state index contributed by atoms with van der Waals surface area (Å²) in [6, 6.07) is 1.88. The van der Waals surface area contributed by atoms with E-state index in [0.29, 0.717) is 12.2 Å². The SMILES string of the molecule is COC[C@@H](C)n1c(C)cc(C(=O)COC(=O)c2nccnc2N)c1C. The van der Waals surface area contributed by atoms with E-state index in [2.05, 4.69) is 9.97 Å². The lowest BCUT2D eigenvalue weighted by Gasteiger charge is -2.17. The Kier molecular flexibility index (Phi) is 5.87. The quantitative estimate of drug-likeness (QED) is 0.600. The number of esters is 1. The number of hydrogen-bond donors (Lipinski definition) is 1. The summed E-state index contributed by atoms with van der Waals surface area (Å²) in [7, 11) is 1.63. The zero-order chi connectivity index (χ0) is 18.6. The molecule has 1 atom stereocenters. The van der Waals surface area contributed by atoms with E-state index in [0.717, 1.165) is 11.4 Å². The highest BCUT2D eigenvalue weighted by Crippen LogP contribution is 2.21. The Morgan fingerprint density at radius 1 is 1.28 bits per heavy atom. The van der Waals surface area contributed by atoms with Crippen LogP contribution in [0.5, 0.6) is 0 Å². The van der Waals surface area contributed by atoms with Crippen molar-refractivity contribution < 1.29 is 19.1 Å². The third-order valence-electron chi connectivity index (χ3n) is 3.89. The van der Waals surface area contributed by atoms with Gasteiger partial charge in [0.1, 0.15) is 0 Å². The van der Waals surface area contributed by atoms with Gasteiger partial charge in [-0.1, -0.05) is 0 Å². The minimum atomic E-state index is -0.777. The molecule has 2 aromatic rings. The van der Waals surface area contributed by atoms with E-state index in [-0.39, 0.29) is 23.3 Å². The van der Waals surface area contributed by atoms with Gasteiger partial charge < -0.3 is 19.8 Å². The summed E-state index contributed by atoms with van der Waals surface area (Å²) >= 11 is 0. The molecule has 0 amide bonds. The lowest BCUT2D eigenvalue weighted by Crippen LogP contribution is -2.18. The molecule has 0 aliphatic rings. The summed E-state index contributed by atoms with van der Waals surface area (Å²) in [4.78, 5) is 32.0. The number of nitrogen functional groups attached to an aromatic ring is 1. The van der Waals surface area contributed by atoms with Crippen molar-refractivity contribution in [1.82, 2.24) is 14.5 Å². The molecule has 134 valence electrons. The Balaban J connectivity index is 2.10. The number of hydrogen-bond acceptors (Lipinski definition) is 7. The molecule has 25 heavy (non-hydrogen) atoms. The first kappa shape index (κ1) is 18.6. The van der Waals surface area contributed by atoms with Crippen LogP contribution in [0.1, 0.15) is 45.2 Å². The zero-order valence-electron chi connectivity index (χ0n) is 14.8. The number of nitrogens with zero attached hydrogens (tertiary/aromatic N) is 3. The minimum absolute atomic E-state index is 0.0356. The van der Waals surface area contributed by atoms with Crippen LogP contribution in [0.25, 0.3) is 0 Å². The van der Waals surface area contributed by atoms with Gasteiger partial charge in [-0.05, 0) is 26.8 Å². The van der Waals surface area contributed by atoms with Gasteiger partial charge in [0.15, 0.2) is 18.1 Å². The Morgan fingerprint density at radius 2 is 1.96 bits per heavy atom. The van der Waals surface area contributed by atoms with E-state index < -0.39 is 12.6 Å². The highest BCUT2D eigenvalue weighted by Gasteiger charge is 2.21. The maximum absolute atomic E-state index is 12.4. The molecule has 0 radical (unpaired) electrons. The number of Topliss-reactive ketones (excluding diaryl/α,β-unsaturated/α-hetero) is 1. The Bertz CT molecular complexity index is 785. The summed E-state index contributed by atoms with van der Waals surface area (Å²) in [6.45, 7) is 5.93. The fourth-order valence-corrected chi connectivity index (χ4v) is 2.84. The third-order valence-corrected chi connectivity index (χ3v) is 3.89. The zero-order valence-corrected chi connectivity index (χ0v) is 14.8. The summed E-state index contributed by atoms with van der Waals surface area (Å²) in [5, 5.41) is 0. The van der Waals surface area contributed by atoms with Crippen molar-refractivity contribution in [2.24, 2.45) is 0 Å². The number of carbonyl (C=O) groups is 2. The van der Waals surface area contributed by atoms with Crippen molar-refractivity contribution in [3.63, 3.8) is 0 Å². The molecule has 0 saturated heterocycles. The number of aromatic nitrogens is 3. The van der Waals surface area contributed by atoms with Crippen molar-refractivity contribution in [2.45, 2.75) is 26.8 Å². The van der Waals surface area contributed by atoms with Crippen LogP contribution in [0.2, 0.25) is 0 Å². The number of ketones is 1. The number of anilines is 1. The Hall–Kier alpha value is -2.74. The maximum atomic E-state index is 12.4. The van der Waals surface area contributed by atoms with Gasteiger partial charge in [0.25, 0.3) is 0 Å². The molecule has 2 aromatic heterocycles. The van der Waals surface area contributed by atoms with Gasteiger partial charge in [-0.3, -0.25) is 4.79 Å². The first-order valence-corrected chi connectivity index (χ1v) is 7.81. The van der Waals surface area contributed by atoms with Gasteiger partial charge in [0.05, 0.1) is 12.6 Å². The highest BCUT2D eigenvalue weighted by molar-refractivity contribution is 6.00. The van der Waals surface area contributed by atoms with Gasteiger partial charge in [0, 0.05) is 36.5 Å². The lowest BCUT2D eigenvalue weighted by molar-refractivity contribution is 0.0469. The maximum Gasteiger partial charge on any atom is 0.361 e. The van der Waals surface area contributed by atoms with Gasteiger partial charge in [-0.25, -0.2) is 14.8 Å². The molecule has 2 N–H and O–H groups in total. The second-order valence-electron chi connectivity index (χ2n) is 5.75. The topological polar surface area (TPSA) is 109 Å². The average Bonchev–Trinajstić information content (AvgIpc) is 2.87. The fourth-order valence-electron chi connectivity index (χ4n) is 2.84. The summed E-state index contributed by atoms with van der Waals surface area (Å²) in [6.07, 6.45) is 2.70. The van der Waals surface area contributed by atoms with Crippen LogP contribution >= 0.6 is 0 Å². The van der Waals surface area contributed by atoms with Crippen molar-refractivity contribution in [1.29, 1.82) is 0 Å². The molecule has 0 bridgehead atoms. The third kappa shape index (κ3) is 4.03. The lowest BCUT2D eigenvalue weighted by atomic mass is 10.1. The summed E-state index contributed by atoms with van der Waals surface area (Å²) < 4.78 is 12.2. The van der Waals surface area contributed by atoms with Crippen molar-refractivity contribution in [3.8, 4) is 0 Å².